The smallest absolute Gasteiger partial charge is 0.264 e. The zero-order valence-corrected chi connectivity index (χ0v) is 16.5. The summed E-state index contributed by atoms with van der Waals surface area (Å²) in [6.07, 6.45) is 1.73. The molecule has 3 rings (SSSR count). The number of benzene rings is 2. The summed E-state index contributed by atoms with van der Waals surface area (Å²) in [5.74, 6) is 1.69. The number of nitrogens with zero attached hydrogens (tertiary/aromatic N) is 1. The van der Waals surface area contributed by atoms with E-state index < -0.39 is 0 Å². The first-order chi connectivity index (χ1) is 13.0. The second-order valence-electron chi connectivity index (χ2n) is 5.41. The van der Waals surface area contributed by atoms with E-state index >= 15 is 0 Å². The normalized spacial score (nSPS) is 16.5. The Hall–Kier alpha value is -2.64. The van der Waals surface area contributed by atoms with E-state index in [4.69, 9.17) is 25.8 Å². The molecular formula is C19H17ClN2O4S. The maximum absolute atomic E-state index is 12.3. The predicted molar refractivity (Wildman–Crippen MR) is 108 cm³/mol. The Morgan fingerprint density at radius 3 is 2.44 bits per heavy atom. The third-order valence-corrected chi connectivity index (χ3v) is 4.98. The van der Waals surface area contributed by atoms with E-state index in [9.17, 15) is 4.79 Å². The van der Waals surface area contributed by atoms with Crippen LogP contribution in [0.3, 0.4) is 0 Å². The SMILES string of the molecule is COc1ccc(OC)c(/C=C2/SC(=Nc3cc(OC)ccc3Cl)NC2=O)c1. The van der Waals surface area contributed by atoms with Gasteiger partial charge >= 0.3 is 0 Å². The summed E-state index contributed by atoms with van der Waals surface area (Å²) in [6, 6.07) is 10.5. The second-order valence-corrected chi connectivity index (χ2v) is 6.84. The average molecular weight is 405 g/mol. The van der Waals surface area contributed by atoms with Crippen molar-refractivity contribution in [3.63, 3.8) is 0 Å². The van der Waals surface area contributed by atoms with E-state index in [1.54, 1.807) is 63.8 Å². The van der Waals surface area contributed by atoms with Gasteiger partial charge in [0.25, 0.3) is 5.91 Å². The number of hydrogen-bond donors (Lipinski definition) is 1. The van der Waals surface area contributed by atoms with Gasteiger partial charge in [-0.05, 0) is 48.2 Å². The van der Waals surface area contributed by atoms with Gasteiger partial charge in [0.15, 0.2) is 5.17 Å². The van der Waals surface area contributed by atoms with Gasteiger partial charge in [-0.25, -0.2) is 4.99 Å². The molecule has 8 heteroatoms. The van der Waals surface area contributed by atoms with Crippen LogP contribution in [0.25, 0.3) is 6.08 Å². The number of thioether (sulfide) groups is 1. The molecule has 1 saturated heterocycles. The van der Waals surface area contributed by atoms with Crippen LogP contribution >= 0.6 is 23.4 Å². The molecular weight excluding hydrogens is 388 g/mol. The highest BCUT2D eigenvalue weighted by Crippen LogP contribution is 2.34. The predicted octanol–water partition coefficient (Wildman–Crippen LogP) is 4.26. The number of carbonyl (C=O) groups is 1. The van der Waals surface area contributed by atoms with Crippen LogP contribution in [0.5, 0.6) is 17.2 Å². The number of carbonyl (C=O) groups excluding carboxylic acids is 1. The Morgan fingerprint density at radius 1 is 1.04 bits per heavy atom. The molecule has 0 radical (unpaired) electrons. The molecule has 1 heterocycles. The lowest BCUT2D eigenvalue weighted by Crippen LogP contribution is -2.19. The number of rotatable bonds is 5. The summed E-state index contributed by atoms with van der Waals surface area (Å²) in [5.41, 5.74) is 1.24. The Bertz CT molecular complexity index is 943. The molecule has 0 unspecified atom stereocenters. The molecule has 2 aromatic carbocycles. The van der Waals surface area contributed by atoms with Crippen LogP contribution in [0.15, 0.2) is 46.3 Å². The standard InChI is InChI=1S/C19H17ClN2O4S/c1-24-12-5-7-16(26-3)11(8-12)9-17-18(23)22-19(27-17)21-15-10-13(25-2)4-6-14(15)20/h4-10H,1-3H3,(H,21,22,23)/b17-9+. The van der Waals surface area contributed by atoms with Gasteiger partial charge in [0, 0.05) is 11.6 Å². The van der Waals surface area contributed by atoms with Crippen molar-refractivity contribution in [2.24, 2.45) is 4.99 Å². The Morgan fingerprint density at radius 2 is 1.74 bits per heavy atom. The Kier molecular flexibility index (Phi) is 5.93. The van der Waals surface area contributed by atoms with Gasteiger partial charge in [-0.1, -0.05) is 11.6 Å². The summed E-state index contributed by atoms with van der Waals surface area (Å²) in [7, 11) is 4.72. The molecule has 1 aliphatic rings. The minimum absolute atomic E-state index is 0.248. The average Bonchev–Trinajstić information content (AvgIpc) is 3.02. The van der Waals surface area contributed by atoms with Gasteiger partial charge in [-0.3, -0.25) is 4.79 Å². The van der Waals surface area contributed by atoms with E-state index in [2.05, 4.69) is 10.3 Å². The zero-order chi connectivity index (χ0) is 19.4. The minimum atomic E-state index is -0.248. The first-order valence-electron chi connectivity index (χ1n) is 7.89. The maximum atomic E-state index is 12.3. The topological polar surface area (TPSA) is 69.2 Å². The second kappa shape index (κ2) is 8.37. The van der Waals surface area contributed by atoms with Crippen molar-refractivity contribution >= 4 is 46.2 Å². The maximum Gasteiger partial charge on any atom is 0.264 e. The molecule has 0 aliphatic carbocycles. The molecule has 27 heavy (non-hydrogen) atoms. The molecule has 0 bridgehead atoms. The van der Waals surface area contributed by atoms with Crippen LogP contribution in [0.4, 0.5) is 5.69 Å². The minimum Gasteiger partial charge on any atom is -0.497 e. The third kappa shape index (κ3) is 4.37. The number of halogens is 1. The number of amidine groups is 1. The van der Waals surface area contributed by atoms with Crippen LogP contribution < -0.4 is 19.5 Å². The fourth-order valence-corrected chi connectivity index (χ4v) is 3.37. The van der Waals surface area contributed by atoms with E-state index in [-0.39, 0.29) is 5.91 Å². The van der Waals surface area contributed by atoms with Crippen LogP contribution in [-0.2, 0) is 4.79 Å². The summed E-state index contributed by atoms with van der Waals surface area (Å²) in [5, 5.41) is 3.63. The summed E-state index contributed by atoms with van der Waals surface area (Å²) in [4.78, 5) is 17.2. The highest BCUT2D eigenvalue weighted by Gasteiger charge is 2.24. The largest absolute Gasteiger partial charge is 0.497 e. The molecule has 0 aromatic heterocycles. The van der Waals surface area contributed by atoms with Gasteiger partial charge in [0.05, 0.1) is 36.9 Å². The highest BCUT2D eigenvalue weighted by atomic mass is 35.5. The Labute approximate surface area is 166 Å². The van der Waals surface area contributed by atoms with Crippen molar-refractivity contribution in [2.75, 3.05) is 21.3 Å². The quantitative estimate of drug-likeness (QED) is 0.754. The van der Waals surface area contributed by atoms with Gasteiger partial charge in [-0.2, -0.15) is 0 Å². The lowest BCUT2D eigenvalue weighted by atomic mass is 10.1. The van der Waals surface area contributed by atoms with Crippen molar-refractivity contribution < 1.29 is 19.0 Å². The monoisotopic (exact) mass is 404 g/mol. The van der Waals surface area contributed by atoms with E-state index in [1.165, 1.54) is 11.8 Å². The molecule has 140 valence electrons. The number of aliphatic imine (C=N–C) groups is 1. The van der Waals surface area contributed by atoms with Crippen LogP contribution in [0.1, 0.15) is 5.56 Å². The third-order valence-electron chi connectivity index (χ3n) is 3.75. The van der Waals surface area contributed by atoms with Crippen LogP contribution in [-0.4, -0.2) is 32.4 Å². The van der Waals surface area contributed by atoms with Crippen LogP contribution in [0.2, 0.25) is 5.02 Å². The molecule has 6 nitrogen and oxygen atoms in total. The van der Waals surface area contributed by atoms with E-state index in [1.807, 2.05) is 0 Å². The lowest BCUT2D eigenvalue weighted by molar-refractivity contribution is -0.115. The lowest BCUT2D eigenvalue weighted by Gasteiger charge is -2.07. The molecule has 1 amide bonds. The molecule has 0 spiro atoms. The van der Waals surface area contributed by atoms with Gasteiger partial charge in [0.1, 0.15) is 17.2 Å². The number of hydrogen-bond acceptors (Lipinski definition) is 6. The van der Waals surface area contributed by atoms with Crippen molar-refractivity contribution in [2.45, 2.75) is 0 Å². The summed E-state index contributed by atoms with van der Waals surface area (Å²) >= 11 is 7.40. The van der Waals surface area contributed by atoms with Crippen molar-refractivity contribution in [3.8, 4) is 17.2 Å². The fourth-order valence-electron chi connectivity index (χ4n) is 2.39. The number of ether oxygens (including phenoxy) is 3. The molecule has 2 aromatic rings. The van der Waals surface area contributed by atoms with E-state index in [0.29, 0.717) is 38.0 Å². The van der Waals surface area contributed by atoms with Gasteiger partial charge < -0.3 is 19.5 Å². The molecule has 1 aliphatic heterocycles. The summed E-state index contributed by atoms with van der Waals surface area (Å²) in [6.45, 7) is 0. The molecule has 1 N–H and O–H groups in total. The number of nitrogens with one attached hydrogen (secondary N) is 1. The van der Waals surface area contributed by atoms with E-state index in [0.717, 1.165) is 5.56 Å². The van der Waals surface area contributed by atoms with Crippen LogP contribution in [0, 0.1) is 0 Å². The van der Waals surface area contributed by atoms with Gasteiger partial charge in [-0.15, -0.1) is 0 Å². The highest BCUT2D eigenvalue weighted by molar-refractivity contribution is 8.18. The van der Waals surface area contributed by atoms with Gasteiger partial charge in [0.2, 0.25) is 0 Å². The first-order valence-corrected chi connectivity index (χ1v) is 9.08. The van der Waals surface area contributed by atoms with Crippen molar-refractivity contribution in [1.29, 1.82) is 0 Å². The zero-order valence-electron chi connectivity index (χ0n) is 14.9. The molecule has 0 saturated carbocycles. The number of methoxy groups -OCH3 is 3. The Balaban J connectivity index is 1.91. The summed E-state index contributed by atoms with van der Waals surface area (Å²) < 4.78 is 15.8. The molecule has 1 fully saturated rings. The fraction of sp³-hybridized carbons (Fsp3) is 0.158. The first kappa shape index (κ1) is 19.1. The number of amides is 1. The molecule has 0 atom stereocenters. The van der Waals surface area contributed by atoms with Crippen molar-refractivity contribution in [3.05, 3.63) is 51.9 Å². The van der Waals surface area contributed by atoms with Crippen molar-refractivity contribution in [1.82, 2.24) is 5.32 Å².